The lowest BCUT2D eigenvalue weighted by Crippen LogP contribution is -2.58. The topological polar surface area (TPSA) is 224 Å². The number of ether oxygens (including phenoxy) is 3. The third-order valence-corrected chi connectivity index (χ3v) is 5.41. The quantitative estimate of drug-likeness (QED) is 0.211. The summed E-state index contributed by atoms with van der Waals surface area (Å²) < 4.78 is 15.7. The van der Waals surface area contributed by atoms with Gasteiger partial charge < -0.3 is 55.1 Å². The summed E-state index contributed by atoms with van der Waals surface area (Å²) in [5.41, 5.74) is -0.998. The molecule has 5 unspecified atom stereocenters. The SMILES string of the molecule is O=C(OCC1OC2c3c(cc(O)c(O)c3O)C(=O)OC2C(O)C1O)c1cc(O)c(O)c(O)c1. The highest BCUT2D eigenvalue weighted by Crippen LogP contribution is 2.49. The van der Waals surface area contributed by atoms with Crippen LogP contribution in [-0.4, -0.2) is 83.8 Å². The molecule has 0 aromatic heterocycles. The predicted molar refractivity (Wildman–Crippen MR) is 102 cm³/mol. The number of aliphatic hydroxyl groups is 2. The number of hydrogen-bond donors (Lipinski definition) is 8. The third kappa shape index (κ3) is 3.57. The average Bonchev–Trinajstić information content (AvgIpc) is 2.77. The Balaban J connectivity index is 1.58. The second kappa shape index (κ2) is 7.88. The molecule has 1 saturated heterocycles. The molecule has 13 nitrogen and oxygen atoms in total. The number of rotatable bonds is 3. The largest absolute Gasteiger partial charge is 0.504 e. The summed E-state index contributed by atoms with van der Waals surface area (Å²) in [6.45, 7) is -0.670. The molecule has 4 rings (SSSR count). The lowest BCUT2D eigenvalue weighted by Gasteiger charge is -2.44. The molecule has 2 aromatic rings. The number of fused-ring (bicyclic) bond motifs is 3. The molecular formula is C20H18O13. The van der Waals surface area contributed by atoms with E-state index in [0.717, 1.165) is 18.2 Å². The number of aliphatic hydroxyl groups excluding tert-OH is 2. The van der Waals surface area contributed by atoms with Gasteiger partial charge in [-0.3, -0.25) is 0 Å². The second-order valence-electron chi connectivity index (χ2n) is 7.46. The molecule has 8 N–H and O–H groups in total. The molecule has 1 fully saturated rings. The van der Waals surface area contributed by atoms with Crippen LogP contribution in [0.15, 0.2) is 18.2 Å². The summed E-state index contributed by atoms with van der Waals surface area (Å²) >= 11 is 0. The van der Waals surface area contributed by atoms with Crippen molar-refractivity contribution in [3.63, 3.8) is 0 Å². The highest BCUT2D eigenvalue weighted by molar-refractivity contribution is 5.95. The van der Waals surface area contributed by atoms with Crippen LogP contribution < -0.4 is 0 Å². The van der Waals surface area contributed by atoms with Crippen molar-refractivity contribution in [2.45, 2.75) is 30.5 Å². The molecule has 2 aliphatic heterocycles. The first-order valence-corrected chi connectivity index (χ1v) is 9.43. The zero-order chi connectivity index (χ0) is 24.2. The van der Waals surface area contributed by atoms with Crippen molar-refractivity contribution in [1.29, 1.82) is 0 Å². The van der Waals surface area contributed by atoms with Crippen molar-refractivity contribution in [3.05, 3.63) is 34.9 Å². The number of carbonyl (C=O) groups excluding carboxylic acids is 2. The van der Waals surface area contributed by atoms with Crippen LogP contribution in [0.4, 0.5) is 0 Å². The van der Waals surface area contributed by atoms with E-state index >= 15 is 0 Å². The van der Waals surface area contributed by atoms with Crippen LogP contribution in [0.25, 0.3) is 0 Å². The molecule has 13 heteroatoms. The minimum Gasteiger partial charge on any atom is -0.504 e. The molecule has 2 aromatic carbocycles. The van der Waals surface area contributed by atoms with Gasteiger partial charge in [-0.1, -0.05) is 0 Å². The summed E-state index contributed by atoms with van der Waals surface area (Å²) in [7, 11) is 0. The van der Waals surface area contributed by atoms with E-state index in [9.17, 15) is 50.4 Å². The van der Waals surface area contributed by atoms with E-state index < -0.39 is 83.6 Å². The van der Waals surface area contributed by atoms with Crippen LogP contribution in [0.3, 0.4) is 0 Å². The summed E-state index contributed by atoms with van der Waals surface area (Å²) in [6.07, 6.45) is -7.78. The minimum absolute atomic E-state index is 0.304. The van der Waals surface area contributed by atoms with Gasteiger partial charge in [-0.2, -0.15) is 0 Å². The molecule has 2 heterocycles. The van der Waals surface area contributed by atoms with Crippen LogP contribution in [-0.2, 0) is 14.2 Å². The molecule has 0 aliphatic carbocycles. The van der Waals surface area contributed by atoms with Gasteiger partial charge >= 0.3 is 11.9 Å². The summed E-state index contributed by atoms with van der Waals surface area (Å²) in [4.78, 5) is 24.5. The first kappa shape index (κ1) is 22.3. The molecule has 0 saturated carbocycles. The Morgan fingerprint density at radius 2 is 1.48 bits per heavy atom. The number of carbonyl (C=O) groups is 2. The van der Waals surface area contributed by atoms with Crippen LogP contribution >= 0.6 is 0 Å². The van der Waals surface area contributed by atoms with E-state index in [4.69, 9.17) is 14.2 Å². The van der Waals surface area contributed by atoms with Gasteiger partial charge in [0.25, 0.3) is 0 Å². The standard InChI is InChI=1S/C20H18O13/c21-7-1-5(2-8(22)12(7)24)19(29)31-4-10-14(26)16(28)18-17(32-10)11-6(20(30)33-18)3-9(23)13(25)15(11)27/h1-3,10,14,16-18,21-28H,4H2. The fraction of sp³-hybridized carbons (Fsp3) is 0.300. The average molecular weight is 466 g/mol. The highest BCUT2D eigenvalue weighted by atomic mass is 16.6. The molecule has 5 atom stereocenters. The van der Waals surface area contributed by atoms with Crippen molar-refractivity contribution < 1.29 is 64.7 Å². The summed E-state index contributed by atoms with van der Waals surface area (Å²) in [5, 5.41) is 79.0. The first-order chi connectivity index (χ1) is 15.5. The van der Waals surface area contributed by atoms with Crippen molar-refractivity contribution in [3.8, 4) is 34.5 Å². The Hall–Kier alpha value is -3.94. The Kier molecular flexibility index (Phi) is 5.32. The van der Waals surface area contributed by atoms with Gasteiger partial charge in [-0.25, -0.2) is 9.59 Å². The van der Waals surface area contributed by atoms with E-state index in [0.29, 0.717) is 0 Å². The lowest BCUT2D eigenvalue weighted by molar-refractivity contribution is -0.235. The van der Waals surface area contributed by atoms with Crippen LogP contribution in [0.5, 0.6) is 34.5 Å². The van der Waals surface area contributed by atoms with Crippen molar-refractivity contribution >= 4 is 11.9 Å². The van der Waals surface area contributed by atoms with Crippen molar-refractivity contribution in [2.75, 3.05) is 6.61 Å². The number of phenolic OH excluding ortho intramolecular Hbond substituents is 6. The van der Waals surface area contributed by atoms with E-state index in [1.54, 1.807) is 0 Å². The zero-order valence-corrected chi connectivity index (χ0v) is 16.4. The molecule has 176 valence electrons. The summed E-state index contributed by atoms with van der Waals surface area (Å²) in [5.74, 6) is -7.19. The molecule has 33 heavy (non-hydrogen) atoms. The molecule has 0 radical (unpaired) electrons. The fourth-order valence-electron chi connectivity index (χ4n) is 3.71. The molecular weight excluding hydrogens is 448 g/mol. The number of phenols is 6. The van der Waals surface area contributed by atoms with E-state index in [1.165, 1.54) is 0 Å². The number of hydrogen-bond acceptors (Lipinski definition) is 13. The van der Waals surface area contributed by atoms with Crippen LogP contribution in [0, 0.1) is 0 Å². The van der Waals surface area contributed by atoms with Gasteiger partial charge in [-0.05, 0) is 18.2 Å². The molecule has 0 bridgehead atoms. The van der Waals surface area contributed by atoms with Gasteiger partial charge in [0.15, 0.2) is 34.9 Å². The maximum absolute atomic E-state index is 12.3. The van der Waals surface area contributed by atoms with E-state index in [-0.39, 0.29) is 16.7 Å². The van der Waals surface area contributed by atoms with Gasteiger partial charge in [0.1, 0.15) is 31.0 Å². The van der Waals surface area contributed by atoms with Crippen molar-refractivity contribution in [2.24, 2.45) is 0 Å². The first-order valence-electron chi connectivity index (χ1n) is 9.43. The van der Waals surface area contributed by atoms with Gasteiger partial charge in [0.2, 0.25) is 5.75 Å². The maximum atomic E-state index is 12.3. The smallest absolute Gasteiger partial charge is 0.339 e. The Morgan fingerprint density at radius 3 is 2.12 bits per heavy atom. The lowest BCUT2D eigenvalue weighted by atomic mass is 9.86. The minimum atomic E-state index is -1.75. The van der Waals surface area contributed by atoms with Gasteiger partial charge in [0, 0.05) is 5.56 Å². The highest BCUT2D eigenvalue weighted by Gasteiger charge is 2.52. The zero-order valence-electron chi connectivity index (χ0n) is 16.4. The maximum Gasteiger partial charge on any atom is 0.339 e. The van der Waals surface area contributed by atoms with Crippen molar-refractivity contribution in [1.82, 2.24) is 0 Å². The monoisotopic (exact) mass is 466 g/mol. The van der Waals surface area contributed by atoms with Gasteiger partial charge in [-0.15, -0.1) is 0 Å². The number of benzene rings is 2. The molecule has 0 amide bonds. The van der Waals surface area contributed by atoms with Gasteiger partial charge in [0.05, 0.1) is 11.1 Å². The number of esters is 2. The summed E-state index contributed by atoms with van der Waals surface area (Å²) in [6, 6.07) is 2.48. The molecule has 0 spiro atoms. The second-order valence-corrected chi connectivity index (χ2v) is 7.46. The van der Waals surface area contributed by atoms with Crippen LogP contribution in [0.2, 0.25) is 0 Å². The van der Waals surface area contributed by atoms with E-state index in [1.807, 2.05) is 0 Å². The Labute approximate surface area is 183 Å². The van der Waals surface area contributed by atoms with E-state index in [2.05, 4.69) is 0 Å². The number of aromatic hydroxyl groups is 6. The predicted octanol–water partition coefficient (Wildman–Crippen LogP) is -0.522. The van der Waals surface area contributed by atoms with Crippen LogP contribution in [0.1, 0.15) is 32.4 Å². The Bertz CT molecular complexity index is 1120. The third-order valence-electron chi connectivity index (χ3n) is 5.41. The fourth-order valence-corrected chi connectivity index (χ4v) is 3.71. The molecule has 2 aliphatic rings. The Morgan fingerprint density at radius 1 is 0.879 bits per heavy atom. The normalized spacial score (nSPS) is 26.1.